The van der Waals surface area contributed by atoms with Crippen LogP contribution >= 0.6 is 28.1 Å². The molecule has 2 aromatic rings. The molecule has 0 aliphatic heterocycles. The second kappa shape index (κ2) is 6.37. The molecule has 0 bridgehead atoms. The molecule has 0 saturated heterocycles. The zero-order valence-electron chi connectivity index (χ0n) is 11.8. The van der Waals surface area contributed by atoms with Crippen molar-refractivity contribution in [2.45, 2.75) is 20.8 Å². The minimum atomic E-state index is 0.598. The molecule has 0 aliphatic rings. The Kier molecular flexibility index (Phi) is 4.78. The van der Waals surface area contributed by atoms with Gasteiger partial charge in [-0.1, -0.05) is 28.1 Å². The van der Waals surface area contributed by atoms with E-state index in [1.54, 1.807) is 0 Å². The van der Waals surface area contributed by atoms with Crippen LogP contribution in [0.1, 0.15) is 16.7 Å². The molecule has 0 unspecified atom stereocenters. The predicted molar refractivity (Wildman–Crippen MR) is 94.6 cm³/mol. The summed E-state index contributed by atoms with van der Waals surface area (Å²) in [6.45, 7) is 6.23. The third-order valence-corrected chi connectivity index (χ3v) is 4.36. The van der Waals surface area contributed by atoms with E-state index in [2.05, 4.69) is 59.5 Å². The first-order chi connectivity index (χ1) is 9.47. The van der Waals surface area contributed by atoms with Crippen LogP contribution in [-0.2, 0) is 0 Å². The Morgan fingerprint density at radius 2 is 1.75 bits per heavy atom. The van der Waals surface area contributed by atoms with E-state index in [1.807, 2.05) is 24.3 Å². The molecule has 2 aromatic carbocycles. The average Bonchev–Trinajstić information content (AvgIpc) is 2.39. The lowest BCUT2D eigenvalue weighted by Gasteiger charge is -2.14. The SMILES string of the molecule is Cc1cc(NC(=S)Nc2cccc(C)c2C)ccc1Br. The van der Waals surface area contributed by atoms with Crippen molar-refractivity contribution in [1.82, 2.24) is 0 Å². The van der Waals surface area contributed by atoms with Crippen molar-refractivity contribution >= 4 is 44.6 Å². The van der Waals surface area contributed by atoms with Gasteiger partial charge in [0.2, 0.25) is 0 Å². The van der Waals surface area contributed by atoms with E-state index in [4.69, 9.17) is 12.2 Å². The van der Waals surface area contributed by atoms with Crippen LogP contribution in [-0.4, -0.2) is 5.11 Å². The summed E-state index contributed by atoms with van der Waals surface area (Å²) < 4.78 is 1.09. The zero-order valence-corrected chi connectivity index (χ0v) is 14.2. The molecule has 0 saturated carbocycles. The number of hydrogen-bond acceptors (Lipinski definition) is 1. The number of anilines is 2. The van der Waals surface area contributed by atoms with E-state index < -0.39 is 0 Å². The quantitative estimate of drug-likeness (QED) is 0.730. The van der Waals surface area contributed by atoms with Crippen molar-refractivity contribution in [2.75, 3.05) is 10.6 Å². The Hall–Kier alpha value is -1.39. The fourth-order valence-electron chi connectivity index (χ4n) is 1.89. The van der Waals surface area contributed by atoms with Crippen molar-refractivity contribution < 1.29 is 0 Å². The Morgan fingerprint density at radius 1 is 1.00 bits per heavy atom. The number of nitrogens with one attached hydrogen (secondary N) is 2. The second-order valence-corrected chi connectivity index (χ2v) is 6.05. The number of thiocarbonyl (C=S) groups is 1. The van der Waals surface area contributed by atoms with Gasteiger partial charge in [-0.15, -0.1) is 0 Å². The van der Waals surface area contributed by atoms with Crippen molar-refractivity contribution in [3.05, 3.63) is 57.6 Å². The highest BCUT2D eigenvalue weighted by Crippen LogP contribution is 2.21. The summed E-state index contributed by atoms with van der Waals surface area (Å²) >= 11 is 8.85. The Labute approximate surface area is 133 Å². The standard InChI is InChI=1S/C16H17BrN2S/c1-10-5-4-6-15(12(10)3)19-16(20)18-13-7-8-14(17)11(2)9-13/h4-9H,1-3H3,(H2,18,19,20). The maximum Gasteiger partial charge on any atom is 0.175 e. The average molecular weight is 349 g/mol. The lowest BCUT2D eigenvalue weighted by molar-refractivity contribution is 1.34. The first-order valence-electron chi connectivity index (χ1n) is 6.38. The van der Waals surface area contributed by atoms with Crippen molar-refractivity contribution in [3.63, 3.8) is 0 Å². The fourth-order valence-corrected chi connectivity index (χ4v) is 2.37. The third kappa shape index (κ3) is 3.58. The van der Waals surface area contributed by atoms with E-state index in [0.29, 0.717) is 5.11 Å². The number of rotatable bonds is 2. The molecule has 0 radical (unpaired) electrons. The molecule has 20 heavy (non-hydrogen) atoms. The molecular weight excluding hydrogens is 332 g/mol. The molecule has 0 fully saturated rings. The third-order valence-electron chi connectivity index (χ3n) is 3.27. The van der Waals surface area contributed by atoms with E-state index in [9.17, 15) is 0 Å². The zero-order chi connectivity index (χ0) is 14.7. The first-order valence-corrected chi connectivity index (χ1v) is 7.58. The molecule has 0 aromatic heterocycles. The van der Waals surface area contributed by atoms with Gasteiger partial charge in [0.25, 0.3) is 0 Å². The van der Waals surface area contributed by atoms with Gasteiger partial charge in [0.1, 0.15) is 0 Å². The molecule has 104 valence electrons. The molecule has 0 aliphatic carbocycles. The first kappa shape index (κ1) is 15.0. The van der Waals surface area contributed by atoms with Gasteiger partial charge >= 0.3 is 0 Å². The Morgan fingerprint density at radius 3 is 2.45 bits per heavy atom. The Bertz CT molecular complexity index is 653. The van der Waals surface area contributed by atoms with Crippen molar-refractivity contribution in [2.24, 2.45) is 0 Å². The van der Waals surface area contributed by atoms with E-state index in [-0.39, 0.29) is 0 Å². The van der Waals surface area contributed by atoms with Gasteiger partial charge in [-0.2, -0.15) is 0 Å². The number of aryl methyl sites for hydroxylation is 2. The predicted octanol–water partition coefficient (Wildman–Crippen LogP) is 5.18. The molecule has 0 spiro atoms. The minimum absolute atomic E-state index is 0.598. The molecular formula is C16H17BrN2S. The molecule has 2 nitrogen and oxygen atoms in total. The monoisotopic (exact) mass is 348 g/mol. The highest BCUT2D eigenvalue weighted by molar-refractivity contribution is 9.10. The highest BCUT2D eigenvalue weighted by Gasteiger charge is 2.04. The van der Waals surface area contributed by atoms with Crippen LogP contribution in [0.3, 0.4) is 0 Å². The van der Waals surface area contributed by atoms with E-state index in [0.717, 1.165) is 15.8 Å². The number of hydrogen-bond donors (Lipinski definition) is 2. The summed E-state index contributed by atoms with van der Waals surface area (Å²) in [7, 11) is 0. The van der Waals surface area contributed by atoms with E-state index in [1.165, 1.54) is 16.7 Å². The minimum Gasteiger partial charge on any atom is -0.332 e. The van der Waals surface area contributed by atoms with Crippen LogP contribution in [0.25, 0.3) is 0 Å². The van der Waals surface area contributed by atoms with Crippen LogP contribution < -0.4 is 10.6 Å². The summed E-state index contributed by atoms with van der Waals surface area (Å²) in [6, 6.07) is 12.2. The van der Waals surface area contributed by atoms with Gasteiger partial charge < -0.3 is 10.6 Å². The molecule has 2 rings (SSSR count). The largest absolute Gasteiger partial charge is 0.332 e. The highest BCUT2D eigenvalue weighted by atomic mass is 79.9. The van der Waals surface area contributed by atoms with Gasteiger partial charge in [-0.05, 0) is 73.9 Å². The van der Waals surface area contributed by atoms with Crippen LogP contribution in [0.2, 0.25) is 0 Å². The lowest BCUT2D eigenvalue weighted by atomic mass is 10.1. The second-order valence-electron chi connectivity index (χ2n) is 4.79. The molecule has 0 atom stereocenters. The van der Waals surface area contributed by atoms with Crippen molar-refractivity contribution in [1.29, 1.82) is 0 Å². The summed E-state index contributed by atoms with van der Waals surface area (Å²) in [5.41, 5.74) is 5.65. The topological polar surface area (TPSA) is 24.1 Å². The van der Waals surface area contributed by atoms with E-state index >= 15 is 0 Å². The summed E-state index contributed by atoms with van der Waals surface area (Å²) in [5.74, 6) is 0. The molecule has 0 heterocycles. The number of halogens is 1. The van der Waals surface area contributed by atoms with Gasteiger partial charge in [0.05, 0.1) is 0 Å². The molecule has 2 N–H and O–H groups in total. The Balaban J connectivity index is 2.09. The lowest BCUT2D eigenvalue weighted by Crippen LogP contribution is -2.19. The van der Waals surface area contributed by atoms with Crippen LogP contribution in [0.15, 0.2) is 40.9 Å². The maximum absolute atomic E-state index is 5.36. The summed E-state index contributed by atoms with van der Waals surface area (Å²) in [6.07, 6.45) is 0. The van der Waals surface area contributed by atoms with Gasteiger partial charge in [-0.3, -0.25) is 0 Å². The maximum atomic E-state index is 5.36. The fraction of sp³-hybridized carbons (Fsp3) is 0.188. The van der Waals surface area contributed by atoms with Gasteiger partial charge in [0.15, 0.2) is 5.11 Å². The van der Waals surface area contributed by atoms with Crippen molar-refractivity contribution in [3.8, 4) is 0 Å². The smallest absolute Gasteiger partial charge is 0.175 e. The molecule has 0 amide bonds. The summed E-state index contributed by atoms with van der Waals surface area (Å²) in [5, 5.41) is 7.04. The molecule has 4 heteroatoms. The van der Waals surface area contributed by atoms with Gasteiger partial charge in [-0.25, -0.2) is 0 Å². The van der Waals surface area contributed by atoms with Crippen LogP contribution in [0, 0.1) is 20.8 Å². The van der Waals surface area contributed by atoms with Crippen LogP contribution in [0.4, 0.5) is 11.4 Å². The summed E-state index contributed by atoms with van der Waals surface area (Å²) in [4.78, 5) is 0. The van der Waals surface area contributed by atoms with Gasteiger partial charge in [0, 0.05) is 15.8 Å². The number of benzene rings is 2. The normalized spacial score (nSPS) is 10.2. The van der Waals surface area contributed by atoms with Crippen LogP contribution in [0.5, 0.6) is 0 Å².